The zero-order valence-electron chi connectivity index (χ0n) is 6.37. The van der Waals surface area contributed by atoms with Gasteiger partial charge in [0.05, 0.1) is 0 Å². The van der Waals surface area contributed by atoms with Gasteiger partial charge in [-0.3, -0.25) is 0 Å². The third-order valence-corrected chi connectivity index (χ3v) is 2.23. The largest absolute Gasteiger partial charge is 0.409 e. The smallest absolute Gasteiger partial charge is 0.143 e. The van der Waals surface area contributed by atoms with Gasteiger partial charge in [-0.1, -0.05) is 39.3 Å². The van der Waals surface area contributed by atoms with E-state index in [2.05, 4.69) is 21.1 Å². The fourth-order valence-corrected chi connectivity index (χ4v) is 1.30. The van der Waals surface area contributed by atoms with E-state index in [4.69, 9.17) is 10.9 Å². The maximum absolute atomic E-state index is 8.33. The van der Waals surface area contributed by atoms with E-state index in [9.17, 15) is 0 Å². The highest BCUT2D eigenvalue weighted by atomic mass is 79.9. The number of rotatable bonds is 2. The summed E-state index contributed by atoms with van der Waals surface area (Å²) in [6.07, 6.45) is 0.456. The van der Waals surface area contributed by atoms with Gasteiger partial charge in [-0.15, -0.1) is 0 Å². The zero-order valence-corrected chi connectivity index (χ0v) is 7.95. The number of nitrogens with two attached hydrogens (primary N) is 1. The molecule has 0 aliphatic carbocycles. The third-order valence-electron chi connectivity index (χ3n) is 1.46. The lowest BCUT2D eigenvalue weighted by atomic mass is 10.1. The highest BCUT2D eigenvalue weighted by Crippen LogP contribution is 2.15. The number of benzene rings is 1. The molecule has 1 aromatic carbocycles. The van der Waals surface area contributed by atoms with Crippen LogP contribution in [0.2, 0.25) is 0 Å². The summed E-state index contributed by atoms with van der Waals surface area (Å²) in [5.41, 5.74) is 6.36. The Morgan fingerprint density at radius 1 is 1.50 bits per heavy atom. The van der Waals surface area contributed by atoms with Gasteiger partial charge in [0.25, 0.3) is 0 Å². The normalized spacial score (nSPS) is 11.6. The standard InChI is InChI=1S/C8H9BrN2O/c9-7-4-2-1-3-6(7)5-8(10)11-12/h1-4,12H,5H2,(H2,10,11). The average molecular weight is 229 g/mol. The van der Waals surface area contributed by atoms with Crippen molar-refractivity contribution < 1.29 is 5.21 Å². The van der Waals surface area contributed by atoms with E-state index in [1.807, 2.05) is 24.3 Å². The van der Waals surface area contributed by atoms with Gasteiger partial charge < -0.3 is 10.9 Å². The predicted molar refractivity (Wildman–Crippen MR) is 51.3 cm³/mol. The van der Waals surface area contributed by atoms with E-state index in [1.54, 1.807) is 0 Å². The lowest BCUT2D eigenvalue weighted by Gasteiger charge is -2.01. The first kappa shape index (κ1) is 9.06. The first-order valence-electron chi connectivity index (χ1n) is 3.44. The van der Waals surface area contributed by atoms with Gasteiger partial charge in [0.15, 0.2) is 0 Å². The predicted octanol–water partition coefficient (Wildman–Crippen LogP) is 1.74. The molecule has 3 nitrogen and oxygen atoms in total. The fourth-order valence-electron chi connectivity index (χ4n) is 0.872. The lowest BCUT2D eigenvalue weighted by Crippen LogP contribution is -2.14. The number of amidine groups is 1. The topological polar surface area (TPSA) is 58.6 Å². The van der Waals surface area contributed by atoms with Gasteiger partial charge in [-0.2, -0.15) is 0 Å². The molecular formula is C8H9BrN2O. The molecule has 1 aromatic rings. The molecule has 0 heterocycles. The summed E-state index contributed by atoms with van der Waals surface area (Å²) in [6.45, 7) is 0. The Morgan fingerprint density at radius 2 is 2.17 bits per heavy atom. The molecule has 0 saturated carbocycles. The van der Waals surface area contributed by atoms with Crippen LogP contribution in [-0.2, 0) is 6.42 Å². The summed E-state index contributed by atoms with van der Waals surface area (Å²) in [4.78, 5) is 0. The van der Waals surface area contributed by atoms with Crippen LogP contribution in [0.4, 0.5) is 0 Å². The molecule has 0 aliphatic rings. The summed E-state index contributed by atoms with van der Waals surface area (Å²) < 4.78 is 0.969. The van der Waals surface area contributed by atoms with Crippen LogP contribution in [0.15, 0.2) is 33.9 Å². The van der Waals surface area contributed by atoms with Crippen LogP contribution in [0.25, 0.3) is 0 Å². The van der Waals surface area contributed by atoms with E-state index < -0.39 is 0 Å². The molecule has 0 unspecified atom stereocenters. The van der Waals surface area contributed by atoms with E-state index >= 15 is 0 Å². The Kier molecular flexibility index (Phi) is 3.10. The van der Waals surface area contributed by atoms with Crippen LogP contribution in [0.3, 0.4) is 0 Å². The molecule has 4 heteroatoms. The molecule has 0 aromatic heterocycles. The molecule has 3 N–H and O–H groups in total. The molecule has 0 radical (unpaired) electrons. The minimum Gasteiger partial charge on any atom is -0.409 e. The molecule has 64 valence electrons. The number of oxime groups is 1. The second-order valence-corrected chi connectivity index (χ2v) is 3.21. The number of hydrogen-bond acceptors (Lipinski definition) is 2. The SMILES string of the molecule is N/C(Cc1ccccc1Br)=N\O. The summed E-state index contributed by atoms with van der Waals surface area (Å²) in [5.74, 6) is 0.210. The van der Waals surface area contributed by atoms with Crippen LogP contribution in [0.1, 0.15) is 5.56 Å². The highest BCUT2D eigenvalue weighted by Gasteiger charge is 2.00. The fraction of sp³-hybridized carbons (Fsp3) is 0.125. The molecule has 0 bridgehead atoms. The van der Waals surface area contributed by atoms with Crippen LogP contribution < -0.4 is 5.73 Å². The number of hydrogen-bond donors (Lipinski definition) is 2. The summed E-state index contributed by atoms with van der Waals surface area (Å²) in [6, 6.07) is 7.66. The molecule has 0 spiro atoms. The zero-order chi connectivity index (χ0) is 8.97. The second kappa shape index (κ2) is 4.11. The molecule has 0 atom stereocenters. The van der Waals surface area contributed by atoms with Crippen molar-refractivity contribution in [3.63, 3.8) is 0 Å². The van der Waals surface area contributed by atoms with Crippen molar-refractivity contribution in [3.8, 4) is 0 Å². The van der Waals surface area contributed by atoms with Crippen molar-refractivity contribution >= 4 is 21.8 Å². The Balaban J connectivity index is 2.82. The molecule has 0 amide bonds. The monoisotopic (exact) mass is 228 g/mol. The first-order chi connectivity index (χ1) is 5.74. The Morgan fingerprint density at radius 3 is 2.75 bits per heavy atom. The first-order valence-corrected chi connectivity index (χ1v) is 4.23. The molecule has 1 rings (SSSR count). The van der Waals surface area contributed by atoms with Gasteiger partial charge in [-0.25, -0.2) is 0 Å². The second-order valence-electron chi connectivity index (χ2n) is 2.36. The van der Waals surface area contributed by atoms with Crippen molar-refractivity contribution in [3.05, 3.63) is 34.3 Å². The van der Waals surface area contributed by atoms with Gasteiger partial charge >= 0.3 is 0 Å². The van der Waals surface area contributed by atoms with Gasteiger partial charge in [0, 0.05) is 10.9 Å². The minimum atomic E-state index is 0.210. The number of halogens is 1. The quantitative estimate of drug-likeness (QED) is 0.351. The third kappa shape index (κ3) is 2.23. The summed E-state index contributed by atoms with van der Waals surface area (Å²) in [5, 5.41) is 11.2. The maximum Gasteiger partial charge on any atom is 0.143 e. The summed E-state index contributed by atoms with van der Waals surface area (Å²) in [7, 11) is 0. The Hall–Kier alpha value is -1.03. The maximum atomic E-state index is 8.33. The van der Waals surface area contributed by atoms with Gasteiger partial charge in [-0.05, 0) is 11.6 Å². The van der Waals surface area contributed by atoms with Crippen LogP contribution in [-0.4, -0.2) is 11.0 Å². The molecule has 0 aliphatic heterocycles. The minimum absolute atomic E-state index is 0.210. The van der Waals surface area contributed by atoms with Crippen molar-refractivity contribution in [1.82, 2.24) is 0 Å². The molecule has 0 saturated heterocycles. The van der Waals surface area contributed by atoms with Crippen molar-refractivity contribution in [2.24, 2.45) is 10.9 Å². The van der Waals surface area contributed by atoms with Crippen molar-refractivity contribution in [1.29, 1.82) is 0 Å². The van der Waals surface area contributed by atoms with Crippen molar-refractivity contribution in [2.75, 3.05) is 0 Å². The Bertz CT molecular complexity index is 299. The van der Waals surface area contributed by atoms with E-state index in [0.717, 1.165) is 10.0 Å². The van der Waals surface area contributed by atoms with Crippen LogP contribution in [0, 0.1) is 0 Å². The number of nitrogens with zero attached hydrogens (tertiary/aromatic N) is 1. The van der Waals surface area contributed by atoms with E-state index in [0.29, 0.717) is 6.42 Å². The van der Waals surface area contributed by atoms with Gasteiger partial charge in [0.1, 0.15) is 5.84 Å². The molecule has 0 fully saturated rings. The van der Waals surface area contributed by atoms with Crippen molar-refractivity contribution in [2.45, 2.75) is 6.42 Å². The lowest BCUT2D eigenvalue weighted by molar-refractivity contribution is 0.317. The molecule has 12 heavy (non-hydrogen) atoms. The van der Waals surface area contributed by atoms with Crippen LogP contribution >= 0.6 is 15.9 Å². The highest BCUT2D eigenvalue weighted by molar-refractivity contribution is 9.10. The average Bonchev–Trinajstić information content (AvgIpc) is 2.09. The van der Waals surface area contributed by atoms with Gasteiger partial charge in [0.2, 0.25) is 0 Å². The van der Waals surface area contributed by atoms with Crippen LogP contribution in [0.5, 0.6) is 0 Å². The van der Waals surface area contributed by atoms with E-state index in [-0.39, 0.29) is 5.84 Å². The Labute approximate surface area is 79.0 Å². The molecular weight excluding hydrogens is 220 g/mol. The summed E-state index contributed by atoms with van der Waals surface area (Å²) >= 11 is 3.36. The van der Waals surface area contributed by atoms with E-state index in [1.165, 1.54) is 0 Å².